The highest BCUT2D eigenvalue weighted by Crippen LogP contribution is 2.30. The first-order chi connectivity index (χ1) is 12.6. The molecule has 26 heavy (non-hydrogen) atoms. The van der Waals surface area contributed by atoms with Crippen LogP contribution in [0.5, 0.6) is 5.75 Å². The van der Waals surface area contributed by atoms with E-state index < -0.39 is 0 Å². The number of allylic oxidation sites excluding steroid dienone is 1. The Hall–Kier alpha value is -2.86. The van der Waals surface area contributed by atoms with Crippen LogP contribution in [0.1, 0.15) is 25.5 Å². The second kappa shape index (κ2) is 8.01. The minimum atomic E-state index is -0.316. The number of thiocarbonyl (C=S) groups is 1. The summed E-state index contributed by atoms with van der Waals surface area (Å²) >= 11 is 5.28. The molecule has 134 valence electrons. The second-order valence-corrected chi connectivity index (χ2v) is 6.27. The van der Waals surface area contributed by atoms with Gasteiger partial charge in [0.25, 0.3) is 5.91 Å². The minimum absolute atomic E-state index is 0.203. The van der Waals surface area contributed by atoms with Crippen LogP contribution in [0.25, 0.3) is 0 Å². The molecule has 1 unspecified atom stereocenters. The maximum atomic E-state index is 13.1. The number of carbonyl (C=O) groups excluding carboxylic acids is 1. The van der Waals surface area contributed by atoms with E-state index in [0.29, 0.717) is 28.7 Å². The molecule has 0 spiro atoms. The normalized spacial score (nSPS) is 16.5. The highest BCUT2D eigenvalue weighted by atomic mass is 32.1. The number of carbonyl (C=O) groups is 1. The summed E-state index contributed by atoms with van der Waals surface area (Å²) in [5.41, 5.74) is 2.93. The van der Waals surface area contributed by atoms with Gasteiger partial charge in [-0.3, -0.25) is 4.79 Å². The molecule has 0 aliphatic carbocycles. The third kappa shape index (κ3) is 3.86. The highest BCUT2D eigenvalue weighted by molar-refractivity contribution is 7.80. The third-order valence-corrected chi connectivity index (χ3v) is 4.30. The van der Waals surface area contributed by atoms with E-state index in [1.54, 1.807) is 0 Å². The van der Waals surface area contributed by atoms with Gasteiger partial charge in [0, 0.05) is 5.70 Å². The number of hydrogen-bond donors (Lipinski definition) is 3. The zero-order valence-corrected chi connectivity index (χ0v) is 15.5. The van der Waals surface area contributed by atoms with Crippen molar-refractivity contribution in [3.8, 4) is 5.75 Å². The van der Waals surface area contributed by atoms with Gasteiger partial charge in [-0.2, -0.15) is 0 Å². The Morgan fingerprint density at radius 3 is 2.58 bits per heavy atom. The van der Waals surface area contributed by atoms with Crippen LogP contribution in [-0.2, 0) is 4.79 Å². The lowest BCUT2D eigenvalue weighted by Crippen LogP contribution is -2.45. The molecule has 1 amide bonds. The number of ether oxygens (including phenoxy) is 1. The van der Waals surface area contributed by atoms with Crippen LogP contribution in [0.3, 0.4) is 0 Å². The van der Waals surface area contributed by atoms with Crippen molar-refractivity contribution in [2.75, 3.05) is 11.9 Å². The van der Waals surface area contributed by atoms with E-state index in [-0.39, 0.29) is 11.9 Å². The van der Waals surface area contributed by atoms with Crippen LogP contribution in [0.4, 0.5) is 5.69 Å². The molecule has 6 heteroatoms. The van der Waals surface area contributed by atoms with Gasteiger partial charge in [0.2, 0.25) is 0 Å². The van der Waals surface area contributed by atoms with Crippen molar-refractivity contribution >= 4 is 28.9 Å². The lowest BCUT2D eigenvalue weighted by atomic mass is 9.95. The van der Waals surface area contributed by atoms with E-state index in [1.165, 1.54) is 0 Å². The molecule has 0 bridgehead atoms. The van der Waals surface area contributed by atoms with Gasteiger partial charge in [0.15, 0.2) is 5.11 Å². The van der Waals surface area contributed by atoms with Crippen molar-refractivity contribution in [1.82, 2.24) is 10.6 Å². The van der Waals surface area contributed by atoms with Gasteiger partial charge in [-0.05, 0) is 43.8 Å². The first-order valence-corrected chi connectivity index (χ1v) is 8.87. The summed E-state index contributed by atoms with van der Waals surface area (Å²) in [7, 11) is 0. The molecule has 1 atom stereocenters. The molecule has 2 aromatic rings. The number of amides is 1. The monoisotopic (exact) mass is 367 g/mol. The zero-order chi connectivity index (χ0) is 18.5. The van der Waals surface area contributed by atoms with Crippen molar-refractivity contribution in [1.29, 1.82) is 0 Å². The third-order valence-electron chi connectivity index (χ3n) is 4.08. The summed E-state index contributed by atoms with van der Waals surface area (Å²) in [4.78, 5) is 13.1. The molecule has 5 nitrogen and oxygen atoms in total. The van der Waals surface area contributed by atoms with Gasteiger partial charge in [-0.25, -0.2) is 0 Å². The number of nitrogens with one attached hydrogen (secondary N) is 3. The topological polar surface area (TPSA) is 62.4 Å². The number of hydrogen-bond acceptors (Lipinski definition) is 3. The molecule has 0 fully saturated rings. The number of rotatable bonds is 5. The largest absolute Gasteiger partial charge is 0.492 e. The fraction of sp³-hybridized carbons (Fsp3) is 0.200. The molecule has 1 aliphatic rings. The first kappa shape index (κ1) is 17.9. The Labute approximate surface area is 158 Å². The van der Waals surface area contributed by atoms with Crippen LogP contribution in [0, 0.1) is 0 Å². The molecule has 3 N–H and O–H groups in total. The van der Waals surface area contributed by atoms with Crippen molar-refractivity contribution in [2.45, 2.75) is 19.9 Å². The quantitative estimate of drug-likeness (QED) is 0.706. The Morgan fingerprint density at radius 1 is 1.15 bits per heavy atom. The number of para-hydroxylation sites is 2. The summed E-state index contributed by atoms with van der Waals surface area (Å²) in [6, 6.07) is 16.9. The van der Waals surface area contributed by atoms with E-state index in [2.05, 4.69) is 16.0 Å². The van der Waals surface area contributed by atoms with Gasteiger partial charge in [0.05, 0.1) is 23.9 Å². The van der Waals surface area contributed by atoms with Gasteiger partial charge in [-0.15, -0.1) is 0 Å². The second-order valence-electron chi connectivity index (χ2n) is 5.86. The molecule has 2 aromatic carbocycles. The summed E-state index contributed by atoms with van der Waals surface area (Å²) in [5.74, 6) is 0.441. The van der Waals surface area contributed by atoms with Crippen molar-refractivity contribution in [2.24, 2.45) is 0 Å². The molecule has 0 radical (unpaired) electrons. The Balaban J connectivity index is 1.93. The van der Waals surface area contributed by atoms with E-state index in [0.717, 1.165) is 11.3 Å². The smallest absolute Gasteiger partial charge is 0.255 e. The van der Waals surface area contributed by atoms with Crippen molar-refractivity contribution < 1.29 is 9.53 Å². The standard InChI is InChI=1S/C20H21N3O2S/c1-3-25-16-12-8-7-11-15(16)22-19(24)17-13(2)21-20(26)23-18(17)14-9-5-4-6-10-14/h4-12,18H,3H2,1-2H3,(H,22,24)(H2,21,23,26). The first-order valence-electron chi connectivity index (χ1n) is 8.46. The number of benzene rings is 2. The van der Waals surface area contributed by atoms with Crippen LogP contribution in [0.2, 0.25) is 0 Å². The maximum Gasteiger partial charge on any atom is 0.255 e. The SMILES string of the molecule is CCOc1ccccc1NC(=O)C1=C(C)NC(=S)NC1c1ccccc1. The van der Waals surface area contributed by atoms with Crippen LogP contribution < -0.4 is 20.7 Å². The van der Waals surface area contributed by atoms with Crippen molar-refractivity contribution in [3.05, 3.63) is 71.4 Å². The predicted octanol–water partition coefficient (Wildman–Crippen LogP) is 3.52. The minimum Gasteiger partial charge on any atom is -0.492 e. The average molecular weight is 367 g/mol. The van der Waals surface area contributed by atoms with E-state index in [1.807, 2.05) is 68.4 Å². The lowest BCUT2D eigenvalue weighted by Gasteiger charge is -2.30. The summed E-state index contributed by atoms with van der Waals surface area (Å²) < 4.78 is 5.60. The fourth-order valence-electron chi connectivity index (χ4n) is 2.93. The van der Waals surface area contributed by atoms with Crippen LogP contribution in [0.15, 0.2) is 65.9 Å². The molecule has 1 heterocycles. The number of anilines is 1. The Morgan fingerprint density at radius 2 is 1.85 bits per heavy atom. The molecule has 0 saturated heterocycles. The van der Waals surface area contributed by atoms with Crippen molar-refractivity contribution in [3.63, 3.8) is 0 Å². The molecule has 0 aromatic heterocycles. The molecule has 1 aliphatic heterocycles. The van der Waals surface area contributed by atoms with Crippen LogP contribution >= 0.6 is 12.2 Å². The maximum absolute atomic E-state index is 13.1. The Bertz CT molecular complexity index is 849. The fourth-order valence-corrected chi connectivity index (χ4v) is 3.20. The molecular weight excluding hydrogens is 346 g/mol. The predicted molar refractivity (Wildman–Crippen MR) is 107 cm³/mol. The zero-order valence-electron chi connectivity index (χ0n) is 14.7. The van der Waals surface area contributed by atoms with Gasteiger partial charge in [0.1, 0.15) is 5.75 Å². The van der Waals surface area contributed by atoms with Gasteiger partial charge in [-0.1, -0.05) is 42.5 Å². The Kier molecular flexibility index (Phi) is 5.53. The molecule has 3 rings (SSSR count). The van der Waals surface area contributed by atoms with E-state index in [4.69, 9.17) is 17.0 Å². The molecule has 0 saturated carbocycles. The summed E-state index contributed by atoms with van der Waals surface area (Å²) in [6.45, 7) is 4.29. The van der Waals surface area contributed by atoms with Gasteiger partial charge < -0.3 is 20.7 Å². The van der Waals surface area contributed by atoms with Gasteiger partial charge >= 0.3 is 0 Å². The highest BCUT2D eigenvalue weighted by Gasteiger charge is 2.30. The molecular formula is C20H21N3O2S. The lowest BCUT2D eigenvalue weighted by molar-refractivity contribution is -0.113. The van der Waals surface area contributed by atoms with E-state index >= 15 is 0 Å². The average Bonchev–Trinajstić information content (AvgIpc) is 2.63. The van der Waals surface area contributed by atoms with E-state index in [9.17, 15) is 4.79 Å². The van der Waals surface area contributed by atoms with Crippen LogP contribution in [-0.4, -0.2) is 17.6 Å². The summed E-state index contributed by atoms with van der Waals surface area (Å²) in [6.07, 6.45) is 0. The summed E-state index contributed by atoms with van der Waals surface area (Å²) in [5, 5.41) is 9.70.